The Labute approximate surface area is 211 Å². The number of piperidine rings is 1. The summed E-state index contributed by atoms with van der Waals surface area (Å²) in [7, 11) is 1.12. The van der Waals surface area contributed by atoms with Gasteiger partial charge in [0.1, 0.15) is 5.75 Å². The van der Waals surface area contributed by atoms with Crippen LogP contribution in [0.1, 0.15) is 48.4 Å². The van der Waals surface area contributed by atoms with E-state index in [1.807, 2.05) is 37.4 Å². The molecule has 0 amide bonds. The van der Waals surface area contributed by atoms with Gasteiger partial charge in [-0.05, 0) is 67.1 Å². The first-order valence-corrected chi connectivity index (χ1v) is 13.7. The predicted octanol–water partition coefficient (Wildman–Crippen LogP) is 5.49. The molecule has 1 aliphatic heterocycles. The van der Waals surface area contributed by atoms with Crippen LogP contribution < -0.4 is 4.74 Å². The lowest BCUT2D eigenvalue weighted by Crippen LogP contribution is -2.53. The topological polar surface area (TPSA) is 65.6 Å². The maximum atomic E-state index is 14.0. The van der Waals surface area contributed by atoms with Crippen molar-refractivity contribution < 1.29 is 21.9 Å². The first kappa shape index (κ1) is 25.2. The molecule has 194 valence electrons. The lowest BCUT2D eigenvalue weighted by Gasteiger charge is -2.54. The molecule has 1 atom stereocenters. The molecule has 0 radical (unpaired) electrons. The quantitative estimate of drug-likeness (QED) is 0.470. The van der Waals surface area contributed by atoms with Crippen molar-refractivity contribution in [2.75, 3.05) is 27.7 Å². The van der Waals surface area contributed by atoms with Crippen molar-refractivity contribution in [3.8, 4) is 5.75 Å². The van der Waals surface area contributed by atoms with E-state index >= 15 is 0 Å². The zero-order chi connectivity index (χ0) is 25.9. The molecule has 1 aliphatic carbocycles. The van der Waals surface area contributed by atoms with Crippen LogP contribution >= 0.6 is 0 Å². The first-order chi connectivity index (χ1) is 16.9. The van der Waals surface area contributed by atoms with Gasteiger partial charge in [-0.15, -0.1) is 0 Å². The molecule has 9 heteroatoms. The van der Waals surface area contributed by atoms with Crippen LogP contribution in [0.5, 0.6) is 5.75 Å². The van der Waals surface area contributed by atoms with Crippen LogP contribution in [0.3, 0.4) is 0 Å². The Hall–Kier alpha value is -2.49. The molecule has 6 nitrogen and oxygen atoms in total. The minimum absolute atomic E-state index is 0.0761. The zero-order valence-corrected chi connectivity index (χ0v) is 22.0. The SMILES string of the molecule is COc1cc(C)c2[nH]ccc2c1CN1CCC2(CC1c1ccc(S(=O)(=O)N(C)C)cc1)CC(F)(F)C2. The second-order valence-electron chi connectivity index (χ2n) is 10.6. The number of aryl methyl sites for hydroxylation is 1. The van der Waals surface area contributed by atoms with Crippen molar-refractivity contribution in [1.82, 2.24) is 14.2 Å². The van der Waals surface area contributed by atoms with Gasteiger partial charge >= 0.3 is 0 Å². The highest BCUT2D eigenvalue weighted by atomic mass is 32.2. The number of nitrogens with one attached hydrogen (secondary N) is 1. The number of H-pyrrole nitrogens is 1. The van der Waals surface area contributed by atoms with Crippen LogP contribution in [-0.2, 0) is 16.6 Å². The third kappa shape index (κ3) is 4.31. The van der Waals surface area contributed by atoms with E-state index in [2.05, 4.69) is 9.88 Å². The lowest BCUT2D eigenvalue weighted by molar-refractivity contribution is -0.186. The van der Waals surface area contributed by atoms with Gasteiger partial charge in [0, 0.05) is 62.2 Å². The predicted molar refractivity (Wildman–Crippen MR) is 136 cm³/mol. The van der Waals surface area contributed by atoms with Gasteiger partial charge < -0.3 is 9.72 Å². The summed E-state index contributed by atoms with van der Waals surface area (Å²) in [4.78, 5) is 5.86. The number of ether oxygens (including phenoxy) is 1. The van der Waals surface area contributed by atoms with E-state index in [0.29, 0.717) is 19.5 Å². The summed E-state index contributed by atoms with van der Waals surface area (Å²) < 4.78 is 60.0. The minimum atomic E-state index is -3.55. The highest BCUT2D eigenvalue weighted by Crippen LogP contribution is 2.60. The Morgan fingerprint density at radius 1 is 1.17 bits per heavy atom. The number of fused-ring (bicyclic) bond motifs is 1. The standard InChI is InChI=1S/C27H33F2N3O3S/c1-18-13-24(35-4)22(21-9-11-30-25(18)21)15-32-12-10-26(16-27(28,29)17-26)14-23(32)19-5-7-20(8-6-19)36(33,34)31(2)3/h5-9,11,13,23,30H,10,12,14-17H2,1-4H3. The number of halogens is 2. The molecule has 0 bridgehead atoms. The van der Waals surface area contributed by atoms with Gasteiger partial charge in [0.2, 0.25) is 15.9 Å². The fourth-order valence-corrected chi connectivity index (χ4v) is 7.02. The van der Waals surface area contributed by atoms with Crippen molar-refractivity contribution in [2.24, 2.45) is 5.41 Å². The van der Waals surface area contributed by atoms with Gasteiger partial charge in [0.05, 0.1) is 12.0 Å². The second-order valence-corrected chi connectivity index (χ2v) is 12.8. The van der Waals surface area contributed by atoms with E-state index < -0.39 is 15.9 Å². The third-order valence-electron chi connectivity index (χ3n) is 8.00. The summed E-state index contributed by atoms with van der Waals surface area (Å²) in [5, 5.41) is 1.09. The fourth-order valence-electron chi connectivity index (χ4n) is 6.12. The molecule has 2 aliphatic rings. The number of rotatable bonds is 6. The minimum Gasteiger partial charge on any atom is -0.496 e. The Kier molecular flexibility index (Phi) is 6.16. The van der Waals surface area contributed by atoms with Crippen molar-refractivity contribution in [3.05, 3.63) is 59.3 Å². The zero-order valence-electron chi connectivity index (χ0n) is 21.1. The molecule has 1 spiro atoms. The molecule has 1 saturated heterocycles. The molecule has 2 fully saturated rings. The maximum Gasteiger partial charge on any atom is 0.249 e. The number of nitrogens with zero attached hydrogens (tertiary/aromatic N) is 2. The second kappa shape index (κ2) is 8.82. The first-order valence-electron chi connectivity index (χ1n) is 12.2. The van der Waals surface area contributed by atoms with Crippen molar-refractivity contribution in [2.45, 2.75) is 56.0 Å². The number of sulfonamides is 1. The Balaban J connectivity index is 1.51. The van der Waals surface area contributed by atoms with Gasteiger partial charge in [-0.1, -0.05) is 12.1 Å². The van der Waals surface area contributed by atoms with Gasteiger partial charge in [-0.25, -0.2) is 21.5 Å². The summed E-state index contributed by atoms with van der Waals surface area (Å²) in [6.45, 7) is 3.33. The normalized spacial score (nSPS) is 21.7. The van der Waals surface area contributed by atoms with E-state index in [1.165, 1.54) is 18.4 Å². The number of aromatic nitrogens is 1. The summed E-state index contributed by atoms with van der Waals surface area (Å²) in [6.07, 6.45) is 3.10. The lowest BCUT2D eigenvalue weighted by atomic mass is 9.59. The summed E-state index contributed by atoms with van der Waals surface area (Å²) >= 11 is 0. The Morgan fingerprint density at radius 2 is 1.86 bits per heavy atom. The third-order valence-corrected chi connectivity index (χ3v) is 9.83. The number of aromatic amines is 1. The van der Waals surface area contributed by atoms with Crippen LogP contribution in [0.25, 0.3) is 10.9 Å². The molecule has 2 aromatic carbocycles. The monoisotopic (exact) mass is 517 g/mol. The summed E-state index contributed by atoms with van der Waals surface area (Å²) in [5.74, 6) is -1.78. The number of alkyl halides is 2. The van der Waals surface area contributed by atoms with Crippen LogP contribution in [-0.4, -0.2) is 56.3 Å². The smallest absolute Gasteiger partial charge is 0.249 e. The van der Waals surface area contributed by atoms with E-state index in [0.717, 1.165) is 39.8 Å². The molecular weight excluding hydrogens is 484 g/mol. The fraction of sp³-hybridized carbons (Fsp3) is 0.481. The van der Waals surface area contributed by atoms with Crippen LogP contribution in [0.2, 0.25) is 0 Å². The largest absolute Gasteiger partial charge is 0.496 e. The van der Waals surface area contributed by atoms with Gasteiger partial charge in [-0.3, -0.25) is 4.90 Å². The van der Waals surface area contributed by atoms with Gasteiger partial charge in [-0.2, -0.15) is 0 Å². The van der Waals surface area contributed by atoms with Gasteiger partial charge in [0.15, 0.2) is 0 Å². The molecule has 1 N–H and O–H groups in total. The summed E-state index contributed by atoms with van der Waals surface area (Å²) in [6, 6.07) is 10.9. The molecule has 1 aromatic heterocycles. The van der Waals surface area contributed by atoms with Crippen LogP contribution in [0, 0.1) is 12.3 Å². The molecule has 2 heterocycles. The average molecular weight is 518 g/mol. The highest BCUT2D eigenvalue weighted by Gasteiger charge is 2.58. The molecule has 36 heavy (non-hydrogen) atoms. The molecule has 5 rings (SSSR count). The number of hydrogen-bond donors (Lipinski definition) is 1. The van der Waals surface area contributed by atoms with Crippen molar-refractivity contribution >= 4 is 20.9 Å². The number of methoxy groups -OCH3 is 1. The number of hydrogen-bond acceptors (Lipinski definition) is 4. The van der Waals surface area contributed by atoms with Crippen molar-refractivity contribution in [3.63, 3.8) is 0 Å². The van der Waals surface area contributed by atoms with Crippen molar-refractivity contribution in [1.29, 1.82) is 0 Å². The van der Waals surface area contributed by atoms with E-state index in [9.17, 15) is 17.2 Å². The Bertz CT molecular complexity index is 1380. The van der Waals surface area contributed by atoms with Crippen LogP contribution in [0.15, 0.2) is 47.5 Å². The number of likely N-dealkylation sites (tertiary alicyclic amines) is 1. The maximum absolute atomic E-state index is 14.0. The number of benzene rings is 2. The van der Waals surface area contributed by atoms with Gasteiger partial charge in [0.25, 0.3) is 0 Å². The highest BCUT2D eigenvalue weighted by molar-refractivity contribution is 7.89. The molecule has 1 unspecified atom stereocenters. The van der Waals surface area contributed by atoms with E-state index in [1.54, 1.807) is 19.2 Å². The molecule has 1 saturated carbocycles. The molecule has 3 aromatic rings. The summed E-state index contributed by atoms with van der Waals surface area (Å²) in [5.41, 5.74) is 3.79. The molecular formula is C27H33F2N3O3S. The van der Waals surface area contributed by atoms with Crippen LogP contribution in [0.4, 0.5) is 8.78 Å². The van der Waals surface area contributed by atoms with E-state index in [4.69, 9.17) is 4.74 Å². The Morgan fingerprint density at radius 3 is 2.47 bits per heavy atom. The van der Waals surface area contributed by atoms with E-state index in [-0.39, 0.29) is 29.2 Å². The average Bonchev–Trinajstić information content (AvgIpc) is 3.31.